The smallest absolute Gasteiger partial charge is 0.321 e. The molecule has 1 fully saturated rings. The lowest BCUT2D eigenvalue weighted by molar-refractivity contribution is -0.151. The SMILES string of the molecule is NC(C(=O)O)C1(C(=O)O)CC1. The van der Waals surface area contributed by atoms with Crippen LogP contribution in [0.3, 0.4) is 0 Å². The number of carboxylic acids is 2. The Bertz CT molecular complexity index is 209. The van der Waals surface area contributed by atoms with E-state index in [2.05, 4.69) is 0 Å². The Kier molecular flexibility index (Phi) is 1.60. The van der Waals surface area contributed by atoms with Crippen molar-refractivity contribution in [1.82, 2.24) is 0 Å². The molecule has 4 N–H and O–H groups in total. The molecule has 0 saturated heterocycles. The summed E-state index contributed by atoms with van der Waals surface area (Å²) < 4.78 is 0. The fourth-order valence-corrected chi connectivity index (χ4v) is 1.03. The van der Waals surface area contributed by atoms with Gasteiger partial charge in [0.05, 0.1) is 5.41 Å². The summed E-state index contributed by atoms with van der Waals surface area (Å²) in [6.07, 6.45) is 0.742. The molecule has 62 valence electrons. The Morgan fingerprint density at radius 1 is 1.36 bits per heavy atom. The first kappa shape index (κ1) is 8.00. The normalized spacial score (nSPS) is 22.3. The van der Waals surface area contributed by atoms with Crippen molar-refractivity contribution in [3.63, 3.8) is 0 Å². The molecule has 0 aromatic rings. The predicted octanol–water partition coefficient (Wildman–Crippen LogP) is -0.737. The highest BCUT2D eigenvalue weighted by Crippen LogP contribution is 2.48. The Labute approximate surface area is 62.8 Å². The molecule has 0 aliphatic heterocycles. The van der Waals surface area contributed by atoms with Crippen molar-refractivity contribution >= 4 is 11.9 Å². The minimum atomic E-state index is -1.26. The van der Waals surface area contributed by atoms with Gasteiger partial charge in [-0.1, -0.05) is 0 Å². The average molecular weight is 159 g/mol. The first-order valence-electron chi connectivity index (χ1n) is 3.22. The van der Waals surface area contributed by atoms with Gasteiger partial charge in [0.1, 0.15) is 6.04 Å². The molecule has 1 aliphatic carbocycles. The van der Waals surface area contributed by atoms with Crippen molar-refractivity contribution in [3.05, 3.63) is 0 Å². The monoisotopic (exact) mass is 159 g/mol. The third-order valence-corrected chi connectivity index (χ3v) is 2.08. The van der Waals surface area contributed by atoms with Gasteiger partial charge >= 0.3 is 11.9 Å². The van der Waals surface area contributed by atoms with E-state index in [-0.39, 0.29) is 0 Å². The summed E-state index contributed by atoms with van der Waals surface area (Å²) in [4.78, 5) is 20.8. The van der Waals surface area contributed by atoms with Crippen molar-refractivity contribution in [1.29, 1.82) is 0 Å². The second kappa shape index (κ2) is 2.20. The van der Waals surface area contributed by atoms with Gasteiger partial charge in [0.15, 0.2) is 0 Å². The molecule has 5 heteroatoms. The van der Waals surface area contributed by atoms with Crippen LogP contribution in [0.15, 0.2) is 0 Å². The molecular weight excluding hydrogens is 150 g/mol. The summed E-state index contributed by atoms with van der Waals surface area (Å²) in [5.74, 6) is -2.35. The number of carboxylic acid groups (broad SMARTS) is 2. The summed E-state index contributed by atoms with van der Waals surface area (Å²) in [7, 11) is 0. The van der Waals surface area contributed by atoms with Crippen LogP contribution in [-0.2, 0) is 9.59 Å². The largest absolute Gasteiger partial charge is 0.481 e. The molecule has 1 rings (SSSR count). The van der Waals surface area contributed by atoms with Gasteiger partial charge in [-0.3, -0.25) is 9.59 Å². The topological polar surface area (TPSA) is 101 Å². The van der Waals surface area contributed by atoms with Gasteiger partial charge in [-0.25, -0.2) is 0 Å². The first-order valence-corrected chi connectivity index (χ1v) is 3.22. The van der Waals surface area contributed by atoms with E-state index < -0.39 is 23.4 Å². The quantitative estimate of drug-likeness (QED) is 0.503. The van der Waals surface area contributed by atoms with Crippen LogP contribution in [0.25, 0.3) is 0 Å². The lowest BCUT2D eigenvalue weighted by Crippen LogP contribution is -2.43. The molecule has 0 aromatic carbocycles. The van der Waals surface area contributed by atoms with Crippen molar-refractivity contribution in [2.45, 2.75) is 18.9 Å². The maximum Gasteiger partial charge on any atom is 0.321 e. The molecule has 1 atom stereocenters. The third-order valence-electron chi connectivity index (χ3n) is 2.08. The molecule has 1 aliphatic rings. The van der Waals surface area contributed by atoms with Crippen molar-refractivity contribution in [2.75, 3.05) is 0 Å². The molecule has 1 unspecified atom stereocenters. The Balaban J connectivity index is 2.73. The number of rotatable bonds is 3. The Morgan fingerprint density at radius 3 is 1.91 bits per heavy atom. The fraction of sp³-hybridized carbons (Fsp3) is 0.667. The maximum atomic E-state index is 10.5. The van der Waals surface area contributed by atoms with E-state index in [9.17, 15) is 9.59 Å². The standard InChI is InChI=1S/C6H9NO4/c7-3(4(8)9)6(1-2-6)5(10)11/h3H,1-2,7H2,(H,8,9)(H,10,11). The Morgan fingerprint density at radius 2 is 1.82 bits per heavy atom. The summed E-state index contributed by atoms with van der Waals surface area (Å²) in [5, 5.41) is 17.0. The van der Waals surface area contributed by atoms with Gasteiger partial charge in [0, 0.05) is 0 Å². The van der Waals surface area contributed by atoms with E-state index in [1.165, 1.54) is 0 Å². The molecule has 0 bridgehead atoms. The number of hydrogen-bond acceptors (Lipinski definition) is 3. The lowest BCUT2D eigenvalue weighted by Gasteiger charge is -2.13. The predicted molar refractivity (Wildman–Crippen MR) is 34.9 cm³/mol. The van der Waals surface area contributed by atoms with Gasteiger partial charge in [-0.2, -0.15) is 0 Å². The van der Waals surface area contributed by atoms with Crippen molar-refractivity contribution < 1.29 is 19.8 Å². The number of nitrogens with two attached hydrogens (primary N) is 1. The molecule has 0 heterocycles. The van der Waals surface area contributed by atoms with E-state index in [1.807, 2.05) is 0 Å². The van der Waals surface area contributed by atoms with E-state index in [1.54, 1.807) is 0 Å². The molecule has 1 saturated carbocycles. The van der Waals surface area contributed by atoms with E-state index in [4.69, 9.17) is 15.9 Å². The zero-order valence-corrected chi connectivity index (χ0v) is 5.78. The number of hydrogen-bond donors (Lipinski definition) is 3. The average Bonchev–Trinajstić information content (AvgIpc) is 2.65. The van der Waals surface area contributed by atoms with Gasteiger partial charge in [0.25, 0.3) is 0 Å². The summed E-state index contributed by atoms with van der Waals surface area (Å²) in [5.41, 5.74) is 4.00. The highest BCUT2D eigenvalue weighted by molar-refractivity contribution is 5.88. The van der Waals surface area contributed by atoms with E-state index in [0.29, 0.717) is 12.8 Å². The van der Waals surface area contributed by atoms with Gasteiger partial charge in [-0.15, -0.1) is 0 Å². The second-order valence-electron chi connectivity index (χ2n) is 2.78. The highest BCUT2D eigenvalue weighted by atomic mass is 16.4. The van der Waals surface area contributed by atoms with Crippen LogP contribution in [0.5, 0.6) is 0 Å². The number of aliphatic carboxylic acids is 2. The molecule has 0 amide bonds. The lowest BCUT2D eigenvalue weighted by atomic mass is 9.98. The van der Waals surface area contributed by atoms with Crippen LogP contribution >= 0.6 is 0 Å². The number of carbonyl (C=O) groups is 2. The summed E-state index contributed by atoms with van der Waals surface area (Å²) >= 11 is 0. The van der Waals surface area contributed by atoms with E-state index in [0.717, 1.165) is 0 Å². The summed E-state index contributed by atoms with van der Waals surface area (Å²) in [6.45, 7) is 0. The van der Waals surface area contributed by atoms with Crippen molar-refractivity contribution in [2.24, 2.45) is 11.1 Å². The van der Waals surface area contributed by atoms with Crippen LogP contribution < -0.4 is 5.73 Å². The Hall–Kier alpha value is -1.10. The molecule has 0 aromatic heterocycles. The highest BCUT2D eigenvalue weighted by Gasteiger charge is 2.57. The van der Waals surface area contributed by atoms with Crippen LogP contribution in [0.4, 0.5) is 0 Å². The molecule has 5 nitrogen and oxygen atoms in total. The van der Waals surface area contributed by atoms with Crippen LogP contribution in [0.1, 0.15) is 12.8 Å². The third kappa shape index (κ3) is 1.07. The molecule has 0 radical (unpaired) electrons. The van der Waals surface area contributed by atoms with Gasteiger partial charge < -0.3 is 15.9 Å². The zero-order chi connectivity index (χ0) is 8.65. The van der Waals surface area contributed by atoms with Crippen LogP contribution in [0.2, 0.25) is 0 Å². The zero-order valence-electron chi connectivity index (χ0n) is 5.78. The van der Waals surface area contributed by atoms with Crippen LogP contribution in [-0.4, -0.2) is 28.2 Å². The molecule has 11 heavy (non-hydrogen) atoms. The molecule has 0 spiro atoms. The van der Waals surface area contributed by atoms with Crippen LogP contribution in [0, 0.1) is 5.41 Å². The second-order valence-corrected chi connectivity index (χ2v) is 2.78. The molecular formula is C6H9NO4. The van der Waals surface area contributed by atoms with Gasteiger partial charge in [-0.05, 0) is 12.8 Å². The maximum absolute atomic E-state index is 10.5. The fourth-order valence-electron chi connectivity index (χ4n) is 1.03. The summed E-state index contributed by atoms with van der Waals surface area (Å²) in [6, 6.07) is -1.26. The van der Waals surface area contributed by atoms with Crippen molar-refractivity contribution in [3.8, 4) is 0 Å². The first-order chi connectivity index (χ1) is 5.00. The minimum Gasteiger partial charge on any atom is -0.481 e. The van der Waals surface area contributed by atoms with E-state index >= 15 is 0 Å². The minimum absolute atomic E-state index is 0.371. The van der Waals surface area contributed by atoms with Gasteiger partial charge in [0.2, 0.25) is 0 Å².